The van der Waals surface area contributed by atoms with Crippen molar-refractivity contribution in [2.24, 2.45) is 0 Å². The third-order valence-corrected chi connectivity index (χ3v) is 6.31. The van der Waals surface area contributed by atoms with Crippen molar-refractivity contribution >= 4 is 23.3 Å². The predicted octanol–water partition coefficient (Wildman–Crippen LogP) is 4.40. The van der Waals surface area contributed by atoms with Crippen LogP contribution in [0.25, 0.3) is 23.0 Å². The number of rotatable bonds is 4. The number of allylic oxidation sites excluding steroid dienone is 1. The van der Waals surface area contributed by atoms with Gasteiger partial charge in [0.1, 0.15) is 18.1 Å². The van der Waals surface area contributed by atoms with Gasteiger partial charge in [0.25, 0.3) is 5.91 Å². The number of hydrogen-bond acceptors (Lipinski definition) is 6. The van der Waals surface area contributed by atoms with Crippen LogP contribution in [0, 0.1) is 0 Å². The van der Waals surface area contributed by atoms with E-state index in [-0.39, 0.29) is 12.5 Å². The lowest BCUT2D eigenvalue weighted by Gasteiger charge is -2.26. The summed E-state index contributed by atoms with van der Waals surface area (Å²) in [6.07, 6.45) is 2.08. The minimum Gasteiger partial charge on any atom is -0.496 e. The molecule has 1 fully saturated rings. The molecule has 0 atom stereocenters. The van der Waals surface area contributed by atoms with Crippen LogP contribution in [0.1, 0.15) is 35.5 Å². The molecule has 4 heterocycles. The highest BCUT2D eigenvalue weighted by Crippen LogP contribution is 2.44. The fraction of sp³-hybridized carbons (Fsp3) is 0.333. The maximum Gasteiger partial charge on any atom is 0.274 e. The molecule has 2 aliphatic rings. The van der Waals surface area contributed by atoms with Gasteiger partial charge in [0.2, 0.25) is 0 Å². The summed E-state index contributed by atoms with van der Waals surface area (Å²) in [5, 5.41) is 8.85. The van der Waals surface area contributed by atoms with E-state index in [1.165, 1.54) is 0 Å². The van der Waals surface area contributed by atoms with E-state index < -0.39 is 0 Å². The van der Waals surface area contributed by atoms with E-state index in [1.54, 1.807) is 18.4 Å². The molecule has 2 aromatic heterocycles. The number of nitrogens with zero attached hydrogens (tertiary/aromatic N) is 3. The second-order valence-corrected chi connectivity index (χ2v) is 8.85. The Hall–Kier alpha value is -3.10. The van der Waals surface area contributed by atoms with Crippen molar-refractivity contribution in [2.45, 2.75) is 20.5 Å². The second kappa shape index (κ2) is 8.44. The zero-order chi connectivity index (χ0) is 22.2. The Kier molecular flexibility index (Phi) is 5.48. The third kappa shape index (κ3) is 3.59. The van der Waals surface area contributed by atoms with Crippen LogP contribution in [0.3, 0.4) is 0 Å². The molecule has 8 heteroatoms. The van der Waals surface area contributed by atoms with Crippen LogP contribution in [0.2, 0.25) is 0 Å². The molecule has 0 radical (unpaired) electrons. The summed E-state index contributed by atoms with van der Waals surface area (Å²) >= 11 is 1.60. The van der Waals surface area contributed by atoms with Crippen LogP contribution in [0.15, 0.2) is 34.5 Å². The molecule has 0 unspecified atom stereocenters. The molecule has 3 aromatic rings. The monoisotopic (exact) mass is 451 g/mol. The quantitative estimate of drug-likeness (QED) is 0.588. The number of fused-ring (bicyclic) bond motifs is 3. The van der Waals surface area contributed by atoms with Gasteiger partial charge in [0.15, 0.2) is 5.69 Å². The molecule has 1 amide bonds. The molecule has 0 aliphatic carbocycles. The average molecular weight is 452 g/mol. The van der Waals surface area contributed by atoms with E-state index in [9.17, 15) is 4.79 Å². The van der Waals surface area contributed by atoms with E-state index in [2.05, 4.69) is 26.0 Å². The van der Waals surface area contributed by atoms with Gasteiger partial charge < -0.3 is 19.1 Å². The summed E-state index contributed by atoms with van der Waals surface area (Å²) in [6, 6.07) is 5.99. The van der Waals surface area contributed by atoms with E-state index in [4.69, 9.17) is 19.3 Å². The first-order valence-electron chi connectivity index (χ1n) is 10.6. The van der Waals surface area contributed by atoms with Crippen LogP contribution in [-0.2, 0) is 11.3 Å². The lowest BCUT2D eigenvalue weighted by Crippen LogP contribution is -2.41. The van der Waals surface area contributed by atoms with Crippen molar-refractivity contribution in [1.82, 2.24) is 14.7 Å². The van der Waals surface area contributed by atoms with Gasteiger partial charge in [-0.25, -0.2) is 4.68 Å². The van der Waals surface area contributed by atoms with Crippen LogP contribution in [0.5, 0.6) is 11.5 Å². The van der Waals surface area contributed by atoms with Gasteiger partial charge in [0, 0.05) is 41.2 Å². The lowest BCUT2D eigenvalue weighted by molar-refractivity contribution is 0.0297. The van der Waals surface area contributed by atoms with Crippen LogP contribution >= 0.6 is 11.3 Å². The number of methoxy groups -OCH3 is 1. The standard InChI is InChI=1S/C24H25N3O4S/c1-15(2)10-16-11-18-21(12-20(16)29-3)31-13-19-22(24(28)26-5-7-30-8-6-26)25-27(23(18)19)17-4-9-32-14-17/h4,9-12,14H,5-8,13H2,1-3H3. The summed E-state index contributed by atoms with van der Waals surface area (Å²) in [4.78, 5) is 15.2. The van der Waals surface area contributed by atoms with Gasteiger partial charge in [-0.15, -0.1) is 0 Å². The van der Waals surface area contributed by atoms with Crippen LogP contribution in [0.4, 0.5) is 0 Å². The zero-order valence-corrected chi connectivity index (χ0v) is 19.2. The number of thiophene rings is 1. The summed E-state index contributed by atoms with van der Waals surface area (Å²) in [7, 11) is 1.66. The van der Waals surface area contributed by atoms with Gasteiger partial charge in [-0.1, -0.05) is 11.6 Å². The highest BCUT2D eigenvalue weighted by atomic mass is 32.1. The normalized spacial score (nSPS) is 14.9. The average Bonchev–Trinajstić information content (AvgIpc) is 3.46. The predicted molar refractivity (Wildman–Crippen MR) is 124 cm³/mol. The van der Waals surface area contributed by atoms with E-state index >= 15 is 0 Å². The summed E-state index contributed by atoms with van der Waals surface area (Å²) in [6.45, 7) is 6.61. The molecule has 7 nitrogen and oxygen atoms in total. The van der Waals surface area contributed by atoms with Gasteiger partial charge in [-0.05, 0) is 31.4 Å². The number of amides is 1. The van der Waals surface area contributed by atoms with E-state index in [0.29, 0.717) is 32.0 Å². The van der Waals surface area contributed by atoms with Crippen molar-refractivity contribution in [3.8, 4) is 28.4 Å². The van der Waals surface area contributed by atoms with Gasteiger partial charge in [-0.3, -0.25) is 4.79 Å². The largest absolute Gasteiger partial charge is 0.496 e. The Bertz CT molecular complexity index is 1190. The number of carbonyl (C=O) groups excluding carboxylic acids is 1. The number of hydrogen-bond donors (Lipinski definition) is 0. The Morgan fingerprint density at radius 1 is 1.25 bits per heavy atom. The Morgan fingerprint density at radius 2 is 2.06 bits per heavy atom. The lowest BCUT2D eigenvalue weighted by atomic mass is 9.98. The fourth-order valence-corrected chi connectivity index (χ4v) is 4.76. The number of benzene rings is 1. The minimum atomic E-state index is -0.0800. The number of ether oxygens (including phenoxy) is 3. The highest BCUT2D eigenvalue weighted by Gasteiger charge is 2.33. The molecule has 0 saturated carbocycles. The molecule has 166 valence electrons. The van der Waals surface area contributed by atoms with Crippen LogP contribution in [-0.4, -0.2) is 54.0 Å². The Labute approximate surface area is 190 Å². The molecule has 1 saturated heterocycles. The van der Waals surface area contributed by atoms with Crippen molar-refractivity contribution in [3.05, 3.63) is 51.4 Å². The van der Waals surface area contributed by atoms with Crippen molar-refractivity contribution in [2.75, 3.05) is 33.4 Å². The van der Waals surface area contributed by atoms with Crippen molar-refractivity contribution < 1.29 is 19.0 Å². The Morgan fingerprint density at radius 3 is 2.75 bits per heavy atom. The SMILES string of the molecule is COc1cc2c(cc1C=C(C)C)-c1c(c(C(=O)N3CCOCC3)nn1-c1ccsc1)CO2. The maximum absolute atomic E-state index is 13.4. The van der Waals surface area contributed by atoms with E-state index in [1.807, 2.05) is 32.5 Å². The van der Waals surface area contributed by atoms with Crippen LogP contribution < -0.4 is 9.47 Å². The first kappa shape index (κ1) is 20.8. The topological polar surface area (TPSA) is 65.8 Å². The number of carbonyl (C=O) groups is 1. The third-order valence-electron chi connectivity index (χ3n) is 5.64. The molecular weight excluding hydrogens is 426 g/mol. The molecule has 32 heavy (non-hydrogen) atoms. The molecule has 1 aromatic carbocycles. The summed E-state index contributed by atoms with van der Waals surface area (Å²) in [5.74, 6) is 1.39. The molecular formula is C24H25N3O4S. The zero-order valence-electron chi connectivity index (χ0n) is 18.4. The number of morpholine rings is 1. The van der Waals surface area contributed by atoms with Gasteiger partial charge in [0.05, 0.1) is 31.7 Å². The molecule has 2 aliphatic heterocycles. The fourth-order valence-electron chi connectivity index (χ4n) is 4.15. The second-order valence-electron chi connectivity index (χ2n) is 8.07. The van der Waals surface area contributed by atoms with Crippen molar-refractivity contribution in [1.29, 1.82) is 0 Å². The van der Waals surface area contributed by atoms with Gasteiger partial charge >= 0.3 is 0 Å². The number of aromatic nitrogens is 2. The molecule has 5 rings (SSSR count). The minimum absolute atomic E-state index is 0.0800. The molecule has 0 spiro atoms. The van der Waals surface area contributed by atoms with Gasteiger partial charge in [-0.2, -0.15) is 16.4 Å². The first-order valence-corrected chi connectivity index (χ1v) is 11.5. The summed E-state index contributed by atoms with van der Waals surface area (Å²) in [5.41, 5.74) is 6.11. The summed E-state index contributed by atoms with van der Waals surface area (Å²) < 4.78 is 19.0. The van der Waals surface area contributed by atoms with E-state index in [0.717, 1.165) is 45.1 Å². The maximum atomic E-state index is 13.4. The molecule has 0 N–H and O–H groups in total. The molecule has 0 bridgehead atoms. The first-order chi connectivity index (χ1) is 15.6. The Balaban J connectivity index is 1.70. The van der Waals surface area contributed by atoms with Crippen molar-refractivity contribution in [3.63, 3.8) is 0 Å². The smallest absolute Gasteiger partial charge is 0.274 e. The highest BCUT2D eigenvalue weighted by molar-refractivity contribution is 7.08.